The van der Waals surface area contributed by atoms with Crippen molar-refractivity contribution >= 4 is 11.8 Å². The van der Waals surface area contributed by atoms with Gasteiger partial charge in [-0.1, -0.05) is 18.2 Å². The number of anilines is 1. The molecule has 0 radical (unpaired) electrons. The highest BCUT2D eigenvalue weighted by molar-refractivity contribution is 5.84. The van der Waals surface area contributed by atoms with Crippen molar-refractivity contribution in [1.29, 1.82) is 0 Å². The Kier molecular flexibility index (Phi) is 6.16. The first kappa shape index (κ1) is 21.6. The lowest BCUT2D eigenvalue weighted by Crippen LogP contribution is -2.27. The second-order valence-corrected chi connectivity index (χ2v) is 8.84. The van der Waals surface area contributed by atoms with Crippen LogP contribution in [-0.2, 0) is 20.8 Å². The molecule has 0 bridgehead atoms. The quantitative estimate of drug-likeness (QED) is 0.640. The second-order valence-electron chi connectivity index (χ2n) is 8.84. The number of halogens is 1. The molecule has 2 aromatic rings. The van der Waals surface area contributed by atoms with Crippen molar-refractivity contribution in [3.8, 4) is 5.75 Å². The first-order valence-electron chi connectivity index (χ1n) is 10.6. The molecule has 6 nitrogen and oxygen atoms in total. The zero-order valence-corrected chi connectivity index (χ0v) is 18.1. The summed E-state index contributed by atoms with van der Waals surface area (Å²) >= 11 is 0. The van der Waals surface area contributed by atoms with E-state index in [0.717, 1.165) is 24.0 Å². The molecule has 7 heteroatoms. The van der Waals surface area contributed by atoms with E-state index in [1.165, 1.54) is 0 Å². The number of nitrogens with one attached hydrogen (secondary N) is 1. The van der Waals surface area contributed by atoms with E-state index in [1.54, 1.807) is 45.0 Å². The van der Waals surface area contributed by atoms with Crippen molar-refractivity contribution in [1.82, 2.24) is 0 Å². The summed E-state index contributed by atoms with van der Waals surface area (Å²) in [6.07, 6.45) is 0.891. The molecule has 0 spiro atoms. The Morgan fingerprint density at radius 1 is 1.16 bits per heavy atom. The minimum atomic E-state index is -0.680. The normalized spacial score (nSPS) is 16.9. The molecule has 1 saturated carbocycles. The predicted octanol–water partition coefficient (Wildman–Crippen LogP) is 5.67. The number of amides is 1. The molecular formula is C24H28FNO5. The van der Waals surface area contributed by atoms with E-state index in [2.05, 4.69) is 5.32 Å². The number of benzene rings is 2. The van der Waals surface area contributed by atoms with Crippen LogP contribution in [0.15, 0.2) is 36.4 Å². The van der Waals surface area contributed by atoms with Crippen molar-refractivity contribution < 1.29 is 28.1 Å². The largest absolute Gasteiger partial charge is 0.486 e. The zero-order chi connectivity index (χ0) is 22.0. The van der Waals surface area contributed by atoms with Crippen molar-refractivity contribution in [2.45, 2.75) is 58.0 Å². The summed E-state index contributed by atoms with van der Waals surface area (Å²) in [5.74, 6) is 0.0882. The zero-order valence-electron chi connectivity index (χ0n) is 18.1. The summed E-state index contributed by atoms with van der Waals surface area (Å²) in [7, 11) is 0. The Hall–Kier alpha value is -2.64. The van der Waals surface area contributed by atoms with E-state index < -0.39 is 23.8 Å². The summed E-state index contributed by atoms with van der Waals surface area (Å²) in [6, 6.07) is 10.8. The van der Waals surface area contributed by atoms with Gasteiger partial charge in [0.2, 0.25) is 0 Å². The maximum atomic E-state index is 15.3. The number of hydrogen-bond donors (Lipinski definition) is 1. The third kappa shape index (κ3) is 5.54. The van der Waals surface area contributed by atoms with Crippen LogP contribution in [0, 0.1) is 5.82 Å². The number of ether oxygens (including phenoxy) is 4. The average Bonchev–Trinajstić information content (AvgIpc) is 3.40. The summed E-state index contributed by atoms with van der Waals surface area (Å²) in [4.78, 5) is 12.0. The average molecular weight is 429 g/mol. The summed E-state index contributed by atoms with van der Waals surface area (Å²) in [6.45, 7) is 6.46. The van der Waals surface area contributed by atoms with Crippen LogP contribution >= 0.6 is 0 Å². The molecule has 1 N–H and O–H groups in total. The molecule has 0 atom stereocenters. The number of carbonyl (C=O) groups excluding carboxylic acids is 1. The molecule has 1 amide bonds. The van der Waals surface area contributed by atoms with Gasteiger partial charge in [-0.25, -0.2) is 9.18 Å². The Labute approximate surface area is 181 Å². The fourth-order valence-corrected chi connectivity index (χ4v) is 3.54. The maximum Gasteiger partial charge on any atom is 0.412 e. The van der Waals surface area contributed by atoms with Gasteiger partial charge in [0.05, 0.1) is 18.8 Å². The van der Waals surface area contributed by atoms with Crippen LogP contribution in [0.3, 0.4) is 0 Å². The van der Waals surface area contributed by atoms with Crippen LogP contribution in [0.4, 0.5) is 14.9 Å². The van der Waals surface area contributed by atoms with E-state index in [9.17, 15) is 4.79 Å². The van der Waals surface area contributed by atoms with Crippen LogP contribution in [0.5, 0.6) is 5.75 Å². The van der Waals surface area contributed by atoms with Gasteiger partial charge in [-0.05, 0) is 68.9 Å². The molecule has 1 heterocycles. The van der Waals surface area contributed by atoms with E-state index >= 15 is 4.39 Å². The van der Waals surface area contributed by atoms with Gasteiger partial charge in [-0.2, -0.15) is 0 Å². The van der Waals surface area contributed by atoms with Crippen molar-refractivity contribution in [2.24, 2.45) is 0 Å². The van der Waals surface area contributed by atoms with Gasteiger partial charge in [-0.15, -0.1) is 0 Å². The van der Waals surface area contributed by atoms with E-state index in [0.29, 0.717) is 30.4 Å². The summed E-state index contributed by atoms with van der Waals surface area (Å²) < 4.78 is 37.5. The Balaban J connectivity index is 1.46. The van der Waals surface area contributed by atoms with Crippen LogP contribution in [0.25, 0.3) is 0 Å². The van der Waals surface area contributed by atoms with E-state index in [4.69, 9.17) is 18.9 Å². The first-order chi connectivity index (χ1) is 14.8. The third-order valence-electron chi connectivity index (χ3n) is 5.02. The molecular weight excluding hydrogens is 401 g/mol. The Morgan fingerprint density at radius 2 is 1.90 bits per heavy atom. The van der Waals surface area contributed by atoms with E-state index in [-0.39, 0.29) is 12.4 Å². The van der Waals surface area contributed by atoms with Gasteiger partial charge < -0.3 is 18.9 Å². The summed E-state index contributed by atoms with van der Waals surface area (Å²) in [5, 5.41) is 2.70. The van der Waals surface area contributed by atoms with Gasteiger partial charge in [0, 0.05) is 5.69 Å². The maximum absolute atomic E-state index is 15.3. The third-order valence-corrected chi connectivity index (χ3v) is 5.02. The van der Waals surface area contributed by atoms with Crippen molar-refractivity contribution in [2.75, 3.05) is 18.5 Å². The molecule has 1 aliphatic heterocycles. The standard InChI is InChI=1S/C24H28FNO5/c1-24(2,3)31-23(27)26-17-6-4-5-15(13-17)14-30-19-10-9-18(16-7-8-16)20(21(19)25)22-28-11-12-29-22/h4-6,9-10,13,16,22H,7-8,11-12,14H2,1-3H3,(H,26,27). The van der Waals surface area contributed by atoms with Crippen molar-refractivity contribution in [3.05, 3.63) is 58.9 Å². The van der Waals surface area contributed by atoms with Gasteiger partial charge in [0.25, 0.3) is 0 Å². The minimum Gasteiger partial charge on any atom is -0.486 e. The molecule has 2 aliphatic rings. The molecule has 2 fully saturated rings. The Morgan fingerprint density at radius 3 is 2.58 bits per heavy atom. The predicted molar refractivity (Wildman–Crippen MR) is 114 cm³/mol. The Bertz CT molecular complexity index is 945. The molecule has 0 aromatic heterocycles. The molecule has 4 rings (SSSR count). The lowest BCUT2D eigenvalue weighted by Gasteiger charge is -2.20. The fourth-order valence-electron chi connectivity index (χ4n) is 3.54. The smallest absolute Gasteiger partial charge is 0.412 e. The molecule has 0 unspecified atom stereocenters. The fraction of sp³-hybridized carbons (Fsp3) is 0.458. The van der Waals surface area contributed by atoms with Gasteiger partial charge in [0.15, 0.2) is 17.9 Å². The summed E-state index contributed by atoms with van der Waals surface area (Å²) in [5.41, 5.74) is 2.18. The van der Waals surface area contributed by atoms with Crippen LogP contribution in [0.2, 0.25) is 0 Å². The lowest BCUT2D eigenvalue weighted by molar-refractivity contribution is -0.0474. The highest BCUT2D eigenvalue weighted by atomic mass is 19.1. The van der Waals surface area contributed by atoms with Crippen LogP contribution in [-0.4, -0.2) is 24.9 Å². The molecule has 1 aliphatic carbocycles. The highest BCUT2D eigenvalue weighted by Gasteiger charge is 2.34. The van der Waals surface area contributed by atoms with Gasteiger partial charge in [-0.3, -0.25) is 5.32 Å². The number of hydrogen-bond acceptors (Lipinski definition) is 5. The minimum absolute atomic E-state index is 0.148. The van der Waals surface area contributed by atoms with E-state index in [1.807, 2.05) is 12.1 Å². The molecule has 2 aromatic carbocycles. The van der Waals surface area contributed by atoms with Gasteiger partial charge >= 0.3 is 6.09 Å². The molecule has 31 heavy (non-hydrogen) atoms. The van der Waals surface area contributed by atoms with Crippen LogP contribution < -0.4 is 10.1 Å². The highest BCUT2D eigenvalue weighted by Crippen LogP contribution is 2.46. The lowest BCUT2D eigenvalue weighted by atomic mass is 10.0. The molecule has 166 valence electrons. The topological polar surface area (TPSA) is 66.0 Å². The number of carbonyl (C=O) groups is 1. The monoisotopic (exact) mass is 429 g/mol. The SMILES string of the molecule is CC(C)(C)OC(=O)Nc1cccc(COc2ccc(C3CC3)c(C3OCCO3)c2F)c1. The second kappa shape index (κ2) is 8.85. The number of rotatable bonds is 6. The first-order valence-corrected chi connectivity index (χ1v) is 10.6. The van der Waals surface area contributed by atoms with Crippen molar-refractivity contribution in [3.63, 3.8) is 0 Å². The van der Waals surface area contributed by atoms with Crippen LogP contribution in [0.1, 0.15) is 62.5 Å². The van der Waals surface area contributed by atoms with Gasteiger partial charge in [0.1, 0.15) is 12.2 Å². The molecule has 1 saturated heterocycles.